The van der Waals surface area contributed by atoms with Crippen LogP contribution in [0.2, 0.25) is 0 Å². The molecule has 0 radical (unpaired) electrons. The van der Waals surface area contributed by atoms with Gasteiger partial charge in [-0.2, -0.15) is 0 Å². The van der Waals surface area contributed by atoms with E-state index >= 15 is 0 Å². The molecule has 5 heteroatoms. The SMILES string of the molecule is CCCC(CCC)C(=O)Nc1c(F)cc(Br)cc1F. The van der Waals surface area contributed by atoms with Crippen molar-refractivity contribution in [3.63, 3.8) is 0 Å². The van der Waals surface area contributed by atoms with E-state index in [9.17, 15) is 13.6 Å². The zero-order chi connectivity index (χ0) is 14.4. The first-order valence-corrected chi connectivity index (χ1v) is 7.24. The summed E-state index contributed by atoms with van der Waals surface area (Å²) in [5.74, 6) is -2.06. The topological polar surface area (TPSA) is 29.1 Å². The summed E-state index contributed by atoms with van der Waals surface area (Å²) in [5.41, 5.74) is -0.370. The molecule has 0 aliphatic heterocycles. The van der Waals surface area contributed by atoms with E-state index in [-0.39, 0.29) is 17.5 Å². The lowest BCUT2D eigenvalue weighted by molar-refractivity contribution is -0.120. The predicted molar refractivity (Wildman–Crippen MR) is 76.0 cm³/mol. The Morgan fingerprint density at radius 1 is 1.21 bits per heavy atom. The number of anilines is 1. The number of carbonyl (C=O) groups excluding carboxylic acids is 1. The summed E-state index contributed by atoms with van der Waals surface area (Å²) in [4.78, 5) is 12.0. The van der Waals surface area contributed by atoms with E-state index in [1.807, 2.05) is 13.8 Å². The third-order valence-corrected chi connectivity index (χ3v) is 3.36. The number of hydrogen-bond donors (Lipinski definition) is 1. The second-order valence-corrected chi connectivity index (χ2v) is 5.42. The van der Waals surface area contributed by atoms with Crippen molar-refractivity contribution in [3.05, 3.63) is 28.2 Å². The van der Waals surface area contributed by atoms with Crippen molar-refractivity contribution in [3.8, 4) is 0 Å². The Kier molecular flexibility index (Phi) is 6.42. The van der Waals surface area contributed by atoms with Gasteiger partial charge >= 0.3 is 0 Å². The van der Waals surface area contributed by atoms with Gasteiger partial charge in [-0.3, -0.25) is 4.79 Å². The third-order valence-electron chi connectivity index (χ3n) is 2.90. The Hall–Kier alpha value is -0.970. The molecule has 0 aliphatic carbocycles. The molecule has 0 atom stereocenters. The standard InChI is InChI=1S/C14H18BrF2NO/c1-3-5-9(6-4-2)14(19)18-13-11(16)7-10(15)8-12(13)17/h7-9H,3-6H2,1-2H3,(H,18,19). The highest BCUT2D eigenvalue weighted by molar-refractivity contribution is 9.10. The highest BCUT2D eigenvalue weighted by Gasteiger charge is 2.20. The summed E-state index contributed by atoms with van der Waals surface area (Å²) in [6, 6.07) is 2.26. The van der Waals surface area contributed by atoms with Crippen molar-refractivity contribution in [2.45, 2.75) is 39.5 Å². The minimum atomic E-state index is -0.771. The van der Waals surface area contributed by atoms with E-state index in [1.54, 1.807) is 0 Å². The number of halogens is 3. The van der Waals surface area contributed by atoms with E-state index in [2.05, 4.69) is 21.2 Å². The molecule has 0 fully saturated rings. The number of nitrogens with one attached hydrogen (secondary N) is 1. The fourth-order valence-electron chi connectivity index (χ4n) is 1.99. The molecule has 0 unspecified atom stereocenters. The molecule has 1 amide bonds. The van der Waals surface area contributed by atoms with Crippen LogP contribution < -0.4 is 5.32 Å². The first-order chi connectivity index (χ1) is 8.99. The molecule has 0 aliphatic rings. The minimum absolute atomic E-state index is 0.197. The molecular formula is C14H18BrF2NO. The van der Waals surface area contributed by atoms with Gasteiger partial charge in [-0.25, -0.2) is 8.78 Å². The second-order valence-electron chi connectivity index (χ2n) is 4.51. The van der Waals surface area contributed by atoms with Gasteiger partial charge in [0, 0.05) is 10.4 Å². The van der Waals surface area contributed by atoms with Crippen LogP contribution in [0, 0.1) is 17.6 Å². The molecule has 1 rings (SSSR count). The van der Waals surface area contributed by atoms with Gasteiger partial charge in [0.25, 0.3) is 0 Å². The molecule has 0 spiro atoms. The molecule has 0 saturated heterocycles. The van der Waals surface area contributed by atoms with Crippen molar-refractivity contribution in [2.24, 2.45) is 5.92 Å². The Labute approximate surface area is 120 Å². The Balaban J connectivity index is 2.86. The summed E-state index contributed by atoms with van der Waals surface area (Å²) in [6.07, 6.45) is 3.17. The molecule has 106 valence electrons. The van der Waals surface area contributed by atoms with Gasteiger partial charge in [-0.05, 0) is 25.0 Å². The fraction of sp³-hybridized carbons (Fsp3) is 0.500. The summed E-state index contributed by atoms with van der Waals surface area (Å²) in [6.45, 7) is 3.97. The molecule has 0 heterocycles. The number of benzene rings is 1. The smallest absolute Gasteiger partial charge is 0.227 e. The molecule has 0 saturated carbocycles. The van der Waals surface area contributed by atoms with Crippen LogP contribution in [0.4, 0.5) is 14.5 Å². The fourth-order valence-corrected chi connectivity index (χ4v) is 2.39. The van der Waals surface area contributed by atoms with E-state index in [1.165, 1.54) is 0 Å². The van der Waals surface area contributed by atoms with Gasteiger partial charge in [-0.15, -0.1) is 0 Å². The van der Waals surface area contributed by atoms with Gasteiger partial charge in [0.2, 0.25) is 5.91 Å². The average molecular weight is 334 g/mol. The van der Waals surface area contributed by atoms with Crippen molar-refractivity contribution in [1.82, 2.24) is 0 Å². The Morgan fingerprint density at radius 2 is 1.68 bits per heavy atom. The molecule has 0 aromatic heterocycles. The molecular weight excluding hydrogens is 316 g/mol. The minimum Gasteiger partial charge on any atom is -0.321 e. The highest BCUT2D eigenvalue weighted by Crippen LogP contribution is 2.25. The predicted octanol–water partition coefficient (Wildman–Crippen LogP) is 4.88. The van der Waals surface area contributed by atoms with Gasteiger partial charge < -0.3 is 5.32 Å². The number of amides is 1. The van der Waals surface area contributed by atoms with Crippen LogP contribution in [-0.4, -0.2) is 5.91 Å². The maximum atomic E-state index is 13.6. The molecule has 1 N–H and O–H groups in total. The first kappa shape index (κ1) is 16.1. The third kappa shape index (κ3) is 4.56. The normalized spacial score (nSPS) is 10.8. The molecule has 19 heavy (non-hydrogen) atoms. The lowest BCUT2D eigenvalue weighted by Gasteiger charge is -2.16. The van der Waals surface area contributed by atoms with Crippen molar-refractivity contribution in [2.75, 3.05) is 5.32 Å². The van der Waals surface area contributed by atoms with Gasteiger partial charge in [0.15, 0.2) is 11.6 Å². The van der Waals surface area contributed by atoms with Crippen LogP contribution in [0.1, 0.15) is 39.5 Å². The summed E-state index contributed by atoms with van der Waals surface area (Å²) in [5, 5.41) is 2.37. The van der Waals surface area contributed by atoms with Crippen molar-refractivity contribution >= 4 is 27.5 Å². The van der Waals surface area contributed by atoms with Gasteiger partial charge in [0.1, 0.15) is 5.69 Å². The van der Waals surface area contributed by atoms with Crippen LogP contribution in [0.15, 0.2) is 16.6 Å². The quantitative estimate of drug-likeness (QED) is 0.789. The number of carbonyl (C=O) groups is 1. The highest BCUT2D eigenvalue weighted by atomic mass is 79.9. The first-order valence-electron chi connectivity index (χ1n) is 6.45. The van der Waals surface area contributed by atoms with Crippen LogP contribution in [0.3, 0.4) is 0 Å². The monoisotopic (exact) mass is 333 g/mol. The molecule has 0 bridgehead atoms. The van der Waals surface area contributed by atoms with Crippen LogP contribution in [-0.2, 0) is 4.79 Å². The largest absolute Gasteiger partial charge is 0.321 e. The zero-order valence-corrected chi connectivity index (χ0v) is 12.7. The number of hydrogen-bond acceptors (Lipinski definition) is 1. The lowest BCUT2D eigenvalue weighted by atomic mass is 9.97. The van der Waals surface area contributed by atoms with E-state index < -0.39 is 11.6 Å². The van der Waals surface area contributed by atoms with Crippen molar-refractivity contribution < 1.29 is 13.6 Å². The summed E-state index contributed by atoms with van der Waals surface area (Å²) >= 11 is 3.00. The Bertz CT molecular complexity index is 422. The van der Waals surface area contributed by atoms with Crippen molar-refractivity contribution in [1.29, 1.82) is 0 Å². The molecule has 2 nitrogen and oxygen atoms in total. The van der Waals surface area contributed by atoms with Gasteiger partial charge in [-0.1, -0.05) is 42.6 Å². The van der Waals surface area contributed by atoms with E-state index in [0.29, 0.717) is 4.47 Å². The number of rotatable bonds is 6. The van der Waals surface area contributed by atoms with Gasteiger partial charge in [0.05, 0.1) is 0 Å². The van der Waals surface area contributed by atoms with E-state index in [0.717, 1.165) is 37.8 Å². The van der Waals surface area contributed by atoms with Crippen LogP contribution >= 0.6 is 15.9 Å². The molecule has 1 aromatic carbocycles. The lowest BCUT2D eigenvalue weighted by Crippen LogP contribution is -2.24. The van der Waals surface area contributed by atoms with Crippen LogP contribution in [0.25, 0.3) is 0 Å². The Morgan fingerprint density at radius 3 is 2.11 bits per heavy atom. The molecule has 1 aromatic rings. The summed E-state index contributed by atoms with van der Waals surface area (Å²) in [7, 11) is 0. The van der Waals surface area contributed by atoms with Crippen LogP contribution in [0.5, 0.6) is 0 Å². The average Bonchev–Trinajstić information content (AvgIpc) is 2.33. The zero-order valence-electron chi connectivity index (χ0n) is 11.1. The maximum Gasteiger partial charge on any atom is 0.227 e. The van der Waals surface area contributed by atoms with E-state index in [4.69, 9.17) is 0 Å². The maximum absolute atomic E-state index is 13.6. The second kappa shape index (κ2) is 7.58. The summed E-state index contributed by atoms with van der Waals surface area (Å²) < 4.78 is 27.5.